The Morgan fingerprint density at radius 3 is 2.27 bits per heavy atom. The number of hydrogen-bond acceptors (Lipinski definition) is 13. The normalized spacial score (nSPS) is 18.9. The number of methoxy groups -OCH3 is 1. The number of amides is 4. The highest BCUT2D eigenvalue weighted by Crippen LogP contribution is 2.41. The molecule has 0 aliphatic carbocycles. The van der Waals surface area contributed by atoms with Crippen molar-refractivity contribution in [1.82, 2.24) is 24.9 Å². The first-order chi connectivity index (χ1) is 32.3. The van der Waals surface area contributed by atoms with E-state index >= 15 is 0 Å². The number of ether oxygens (including phenoxy) is 3. The minimum Gasteiger partial charge on any atom is -0.493 e. The van der Waals surface area contributed by atoms with Crippen molar-refractivity contribution in [3.05, 3.63) is 101 Å². The van der Waals surface area contributed by atoms with Gasteiger partial charge in [0.25, 0.3) is 11.8 Å². The fourth-order valence-corrected chi connectivity index (χ4v) is 11.0. The second-order valence-electron chi connectivity index (χ2n) is 18.0. The van der Waals surface area contributed by atoms with E-state index in [2.05, 4.69) is 37.2 Å². The number of benzene rings is 4. The Morgan fingerprint density at radius 2 is 1.57 bits per heavy atom. The van der Waals surface area contributed by atoms with Crippen LogP contribution in [0.2, 0.25) is 0 Å². The molecule has 0 spiro atoms. The van der Waals surface area contributed by atoms with Gasteiger partial charge in [-0.1, -0.05) is 12.1 Å². The maximum absolute atomic E-state index is 14.3. The van der Waals surface area contributed by atoms with Gasteiger partial charge in [0.1, 0.15) is 21.3 Å². The highest BCUT2D eigenvalue weighted by Gasteiger charge is 2.44. The molecule has 1 N–H and O–H groups in total. The van der Waals surface area contributed by atoms with Crippen LogP contribution in [0.25, 0.3) is 10.9 Å². The summed E-state index contributed by atoms with van der Waals surface area (Å²) in [5, 5.41) is 7.94. The molecule has 352 valence electrons. The Balaban J connectivity index is 0.765. The first-order valence-corrected chi connectivity index (χ1v) is 25.1. The van der Waals surface area contributed by atoms with Gasteiger partial charge >= 0.3 is 0 Å². The van der Waals surface area contributed by atoms with Crippen LogP contribution in [0.5, 0.6) is 23.0 Å². The molecule has 4 amide bonds. The number of aromatic nitrogens is 2. The average Bonchev–Trinajstić information content (AvgIpc) is 3.78. The number of carbonyl (C=O) groups excluding carboxylic acids is 4. The molecule has 3 saturated heterocycles. The molecule has 2 atom stereocenters. The summed E-state index contributed by atoms with van der Waals surface area (Å²) in [5.41, 5.74) is 4.46. The van der Waals surface area contributed by atoms with E-state index in [0.717, 1.165) is 98.6 Å². The van der Waals surface area contributed by atoms with E-state index in [-0.39, 0.29) is 17.4 Å². The molecule has 5 heterocycles. The van der Waals surface area contributed by atoms with E-state index in [9.17, 15) is 27.6 Å². The summed E-state index contributed by atoms with van der Waals surface area (Å²) in [6.07, 6.45) is 4.86. The number of piperazine rings is 1. The van der Waals surface area contributed by atoms with Gasteiger partial charge in [-0.25, -0.2) is 8.42 Å². The summed E-state index contributed by atoms with van der Waals surface area (Å²) in [4.78, 5) is 60.9. The number of imide groups is 2. The van der Waals surface area contributed by atoms with Crippen molar-refractivity contribution in [2.75, 3.05) is 81.3 Å². The number of hydrogen-bond donors (Lipinski definition) is 1. The standard InChI is InChI=1S/C50H57N7O9S/c1-5-65-44-29-33(9-17-43(44)64-3)42(31-67(4,62)63)57-49(60)38-7-6-8-40(46(38)50(57)61)56-23-20-32(21-24-56)19-22-54-25-27-55(28-26-54)34-10-12-35(13-11-34)66-36-14-15-37-41(30-36)53(2)52-47(37)39-16-18-45(58)51-48(39)59/h6-15,17,29-30,32,39,42H,5,16,18-28,31H2,1-4H3,(H,51,58,59)/t39-,42+/m0/s1. The number of piperidine rings is 2. The summed E-state index contributed by atoms with van der Waals surface area (Å²) in [5.74, 6) is 0.348. The number of fused-ring (bicyclic) bond motifs is 2. The molecule has 4 aromatic carbocycles. The maximum Gasteiger partial charge on any atom is 0.264 e. The summed E-state index contributed by atoms with van der Waals surface area (Å²) in [6, 6.07) is 23.2. The zero-order valence-corrected chi connectivity index (χ0v) is 39.2. The Bertz CT molecular complexity index is 2810. The van der Waals surface area contributed by atoms with Gasteiger partial charge < -0.3 is 24.0 Å². The summed E-state index contributed by atoms with van der Waals surface area (Å²) in [6.45, 7) is 8.48. The van der Waals surface area contributed by atoms with Gasteiger partial charge in [-0.2, -0.15) is 5.10 Å². The predicted octanol–water partition coefficient (Wildman–Crippen LogP) is 6.10. The van der Waals surface area contributed by atoms with E-state index in [0.29, 0.717) is 65.1 Å². The van der Waals surface area contributed by atoms with Crippen LogP contribution >= 0.6 is 0 Å². The van der Waals surface area contributed by atoms with Gasteiger partial charge in [0, 0.05) is 76.1 Å². The van der Waals surface area contributed by atoms with E-state index in [1.165, 1.54) is 7.11 Å². The molecule has 0 unspecified atom stereocenters. The fourth-order valence-electron chi connectivity index (χ4n) is 10.1. The highest BCUT2D eigenvalue weighted by molar-refractivity contribution is 7.90. The lowest BCUT2D eigenvalue weighted by Gasteiger charge is -2.38. The summed E-state index contributed by atoms with van der Waals surface area (Å²) >= 11 is 0. The van der Waals surface area contributed by atoms with Crippen molar-refractivity contribution < 1.29 is 41.8 Å². The monoisotopic (exact) mass is 931 g/mol. The third-order valence-electron chi connectivity index (χ3n) is 13.6. The molecule has 17 heteroatoms. The van der Waals surface area contributed by atoms with Crippen molar-refractivity contribution in [1.29, 1.82) is 0 Å². The molecule has 67 heavy (non-hydrogen) atoms. The Hall–Kier alpha value is -6.46. The molecule has 9 rings (SSSR count). The van der Waals surface area contributed by atoms with Crippen LogP contribution in [0.15, 0.2) is 78.9 Å². The molecule has 5 aromatic rings. The zero-order chi connectivity index (χ0) is 47.0. The van der Waals surface area contributed by atoms with E-state index in [1.54, 1.807) is 35.0 Å². The SMILES string of the molecule is CCOc1cc([C@@H](CS(C)(=O)=O)N2C(=O)c3cccc(N4CCC(CCN5CCN(c6ccc(Oc7ccc8c([C@@H]9CCC(=O)NC9=O)nn(C)c8c7)cc6)CC5)CC4)c3C2=O)ccc1OC. The van der Waals surface area contributed by atoms with E-state index in [4.69, 9.17) is 14.2 Å². The van der Waals surface area contributed by atoms with Crippen LogP contribution in [0.4, 0.5) is 11.4 Å². The van der Waals surface area contributed by atoms with E-state index in [1.807, 2.05) is 50.4 Å². The molecular formula is C50H57N7O9S. The van der Waals surface area contributed by atoms with Crippen LogP contribution in [-0.4, -0.2) is 123 Å². The lowest BCUT2D eigenvalue weighted by molar-refractivity contribution is -0.134. The molecule has 4 aliphatic heterocycles. The Labute approximate surface area is 390 Å². The highest BCUT2D eigenvalue weighted by atomic mass is 32.2. The van der Waals surface area contributed by atoms with Gasteiger partial charge in [-0.15, -0.1) is 0 Å². The van der Waals surface area contributed by atoms with Crippen LogP contribution < -0.4 is 29.3 Å². The zero-order valence-electron chi connectivity index (χ0n) is 38.4. The predicted molar refractivity (Wildman–Crippen MR) is 254 cm³/mol. The van der Waals surface area contributed by atoms with Crippen LogP contribution in [0.1, 0.15) is 83.0 Å². The number of rotatable bonds is 15. The summed E-state index contributed by atoms with van der Waals surface area (Å²) in [7, 11) is -0.267. The molecule has 0 saturated carbocycles. The average molecular weight is 932 g/mol. The Kier molecular flexibility index (Phi) is 13.0. The number of sulfone groups is 1. The number of nitrogens with zero attached hydrogens (tertiary/aromatic N) is 6. The van der Waals surface area contributed by atoms with Gasteiger partial charge in [-0.05, 0) is 111 Å². The number of nitrogens with one attached hydrogen (secondary N) is 1. The maximum atomic E-state index is 14.3. The molecule has 0 bridgehead atoms. The van der Waals surface area contributed by atoms with Crippen molar-refractivity contribution in [2.24, 2.45) is 13.0 Å². The van der Waals surface area contributed by atoms with E-state index < -0.39 is 39.4 Å². The quantitative estimate of drug-likeness (QED) is 0.120. The molecule has 4 aliphatic rings. The fraction of sp³-hybridized carbons (Fsp3) is 0.420. The van der Waals surface area contributed by atoms with Crippen molar-refractivity contribution in [2.45, 2.75) is 51.0 Å². The van der Waals surface area contributed by atoms with Gasteiger partial charge in [-0.3, -0.25) is 39.0 Å². The van der Waals surface area contributed by atoms with Gasteiger partial charge in [0.15, 0.2) is 11.5 Å². The second-order valence-corrected chi connectivity index (χ2v) is 20.2. The number of anilines is 2. The van der Waals surface area contributed by atoms with Crippen molar-refractivity contribution >= 4 is 55.7 Å². The third-order valence-corrected chi connectivity index (χ3v) is 14.5. The molecule has 3 fully saturated rings. The number of aryl methyl sites for hydroxylation is 1. The van der Waals surface area contributed by atoms with Crippen LogP contribution in [-0.2, 0) is 26.5 Å². The lowest BCUT2D eigenvalue weighted by Crippen LogP contribution is -2.47. The van der Waals surface area contributed by atoms with Crippen molar-refractivity contribution in [3.8, 4) is 23.0 Å². The lowest BCUT2D eigenvalue weighted by atomic mass is 9.92. The molecular weight excluding hydrogens is 875 g/mol. The Morgan fingerprint density at radius 1 is 0.821 bits per heavy atom. The third kappa shape index (κ3) is 9.57. The van der Waals surface area contributed by atoms with Crippen LogP contribution in [0, 0.1) is 5.92 Å². The summed E-state index contributed by atoms with van der Waals surface area (Å²) < 4.78 is 44.7. The van der Waals surface area contributed by atoms with Crippen LogP contribution in [0.3, 0.4) is 0 Å². The minimum atomic E-state index is -3.62. The second kappa shape index (κ2) is 19.0. The molecule has 0 radical (unpaired) electrons. The minimum absolute atomic E-state index is 0.247. The van der Waals surface area contributed by atoms with Gasteiger partial charge in [0.2, 0.25) is 11.8 Å². The smallest absolute Gasteiger partial charge is 0.264 e. The van der Waals surface area contributed by atoms with Gasteiger partial charge in [0.05, 0.1) is 59.5 Å². The first kappa shape index (κ1) is 45.7. The largest absolute Gasteiger partial charge is 0.493 e. The van der Waals surface area contributed by atoms with Crippen molar-refractivity contribution in [3.63, 3.8) is 0 Å². The topological polar surface area (TPSA) is 173 Å². The number of carbonyl (C=O) groups is 4. The first-order valence-electron chi connectivity index (χ1n) is 23.1. The molecule has 1 aromatic heterocycles. The molecule has 16 nitrogen and oxygen atoms in total.